The molecule has 0 bridgehead atoms. The lowest BCUT2D eigenvalue weighted by Crippen LogP contribution is -2.47. The van der Waals surface area contributed by atoms with Crippen LogP contribution in [0, 0.1) is 0 Å². The Kier molecular flexibility index (Phi) is 4.29. The van der Waals surface area contributed by atoms with Gasteiger partial charge in [0.05, 0.1) is 17.6 Å². The summed E-state index contributed by atoms with van der Waals surface area (Å²) < 4.78 is 27.9. The lowest BCUT2D eigenvalue weighted by Gasteiger charge is -2.30. The topological polar surface area (TPSA) is 49.4 Å². The maximum atomic E-state index is 12.1. The third-order valence-electron chi connectivity index (χ3n) is 2.78. The van der Waals surface area contributed by atoms with Gasteiger partial charge in [0.1, 0.15) is 0 Å². The summed E-state index contributed by atoms with van der Waals surface area (Å²) in [6.45, 7) is 3.85. The van der Waals surface area contributed by atoms with Crippen molar-refractivity contribution in [1.29, 1.82) is 0 Å². The molecule has 19 heavy (non-hydrogen) atoms. The van der Waals surface area contributed by atoms with Gasteiger partial charge in [-0.2, -0.15) is 13.1 Å². The molecule has 1 aromatic rings. The van der Waals surface area contributed by atoms with Crippen molar-refractivity contribution in [3.05, 3.63) is 59.8 Å². The van der Waals surface area contributed by atoms with Gasteiger partial charge in [-0.3, -0.25) is 4.31 Å². The van der Waals surface area contributed by atoms with E-state index in [0.717, 1.165) is 5.56 Å². The summed E-state index contributed by atoms with van der Waals surface area (Å²) in [5.74, 6) is 0. The first-order valence-electron chi connectivity index (χ1n) is 5.84. The number of hydrogen-bond donors (Lipinski definition) is 1. The standard InChI is InChI=1S/C13H15ClN2O2S/c1-2-6-13-12(14)10-16(19(17,18)15-13)9-11-7-4-3-5-8-11/h2-5,7-8,10,13,15H,1,6,9H2/t13-/m1/s1. The Morgan fingerprint density at radius 3 is 2.68 bits per heavy atom. The maximum Gasteiger partial charge on any atom is 0.301 e. The van der Waals surface area contributed by atoms with Crippen molar-refractivity contribution >= 4 is 21.8 Å². The fourth-order valence-corrected chi connectivity index (χ4v) is 3.50. The lowest BCUT2D eigenvalue weighted by atomic mass is 10.2. The van der Waals surface area contributed by atoms with Gasteiger partial charge in [-0.25, -0.2) is 0 Å². The SMILES string of the molecule is C=CC[C@H]1NS(=O)(=O)N(Cc2ccccc2)C=C1Cl. The van der Waals surface area contributed by atoms with Gasteiger partial charge in [0.2, 0.25) is 0 Å². The zero-order valence-electron chi connectivity index (χ0n) is 10.3. The van der Waals surface area contributed by atoms with Crippen LogP contribution in [0.1, 0.15) is 12.0 Å². The largest absolute Gasteiger partial charge is 0.301 e. The second-order valence-corrected chi connectivity index (χ2v) is 6.34. The van der Waals surface area contributed by atoms with Gasteiger partial charge < -0.3 is 0 Å². The van der Waals surface area contributed by atoms with Gasteiger partial charge in [0.15, 0.2) is 0 Å². The quantitative estimate of drug-likeness (QED) is 0.868. The number of rotatable bonds is 4. The summed E-state index contributed by atoms with van der Waals surface area (Å²) in [5, 5.41) is 0.464. The second kappa shape index (κ2) is 5.77. The van der Waals surface area contributed by atoms with Crippen molar-refractivity contribution in [2.24, 2.45) is 0 Å². The van der Waals surface area contributed by atoms with E-state index in [9.17, 15) is 8.42 Å². The summed E-state index contributed by atoms with van der Waals surface area (Å²) in [6.07, 6.45) is 3.57. The average Bonchev–Trinajstić information content (AvgIpc) is 2.37. The Morgan fingerprint density at radius 2 is 2.05 bits per heavy atom. The van der Waals surface area contributed by atoms with E-state index in [1.165, 1.54) is 10.5 Å². The summed E-state index contributed by atoms with van der Waals surface area (Å²) >= 11 is 6.09. The molecular formula is C13H15ClN2O2S. The van der Waals surface area contributed by atoms with E-state index < -0.39 is 16.3 Å². The van der Waals surface area contributed by atoms with E-state index >= 15 is 0 Å². The maximum absolute atomic E-state index is 12.1. The molecule has 0 spiro atoms. The number of nitrogens with one attached hydrogen (secondary N) is 1. The van der Waals surface area contributed by atoms with Crippen LogP contribution in [-0.2, 0) is 16.8 Å². The van der Waals surface area contributed by atoms with Crippen molar-refractivity contribution < 1.29 is 8.42 Å². The molecule has 0 saturated carbocycles. The summed E-state index contributed by atoms with van der Waals surface area (Å²) in [5.41, 5.74) is 0.899. The minimum Gasteiger partial charge on any atom is -0.259 e. The fourth-order valence-electron chi connectivity index (χ4n) is 1.82. The van der Waals surface area contributed by atoms with Crippen LogP contribution < -0.4 is 4.72 Å². The Balaban J connectivity index is 2.23. The third kappa shape index (κ3) is 3.37. The van der Waals surface area contributed by atoms with Crippen LogP contribution in [0.15, 0.2) is 54.2 Å². The van der Waals surface area contributed by atoms with Crippen LogP contribution in [-0.4, -0.2) is 18.8 Å². The van der Waals surface area contributed by atoms with Crippen LogP contribution in [0.3, 0.4) is 0 Å². The van der Waals surface area contributed by atoms with E-state index in [1.54, 1.807) is 6.08 Å². The highest BCUT2D eigenvalue weighted by atomic mass is 35.5. The van der Waals surface area contributed by atoms with E-state index in [0.29, 0.717) is 11.5 Å². The molecule has 102 valence electrons. The number of halogens is 1. The van der Waals surface area contributed by atoms with Crippen LogP contribution >= 0.6 is 11.6 Å². The molecule has 1 aliphatic rings. The zero-order chi connectivity index (χ0) is 13.9. The first-order valence-corrected chi connectivity index (χ1v) is 7.66. The molecule has 0 aliphatic carbocycles. The molecule has 0 aromatic heterocycles. The minimum atomic E-state index is -3.55. The first-order chi connectivity index (χ1) is 9.03. The number of nitrogens with zero attached hydrogens (tertiary/aromatic N) is 1. The molecule has 1 heterocycles. The molecule has 2 rings (SSSR count). The molecule has 1 N–H and O–H groups in total. The normalized spacial score (nSPS) is 21.8. The van der Waals surface area contributed by atoms with Crippen molar-refractivity contribution in [3.63, 3.8) is 0 Å². The predicted molar refractivity (Wildman–Crippen MR) is 76.6 cm³/mol. The molecule has 1 aromatic carbocycles. The molecular weight excluding hydrogens is 284 g/mol. The Labute approximate surface area is 118 Å². The van der Waals surface area contributed by atoms with Gasteiger partial charge in [-0.1, -0.05) is 48.0 Å². The van der Waals surface area contributed by atoms with Crippen LogP contribution in [0.4, 0.5) is 0 Å². The lowest BCUT2D eigenvalue weighted by molar-refractivity contribution is 0.458. The summed E-state index contributed by atoms with van der Waals surface area (Å²) in [6, 6.07) is 8.93. The molecule has 0 radical (unpaired) electrons. The Hall–Kier alpha value is -1.30. The van der Waals surface area contributed by atoms with Gasteiger partial charge in [-0.15, -0.1) is 6.58 Å². The first kappa shape index (κ1) is 14.1. The predicted octanol–water partition coefficient (Wildman–Crippen LogP) is 2.36. The van der Waals surface area contributed by atoms with Gasteiger partial charge >= 0.3 is 10.2 Å². The Bertz CT molecular complexity index is 584. The minimum absolute atomic E-state index is 0.257. The smallest absolute Gasteiger partial charge is 0.259 e. The fraction of sp³-hybridized carbons (Fsp3) is 0.231. The van der Waals surface area contributed by atoms with E-state index in [1.807, 2.05) is 30.3 Å². The third-order valence-corrected chi connectivity index (χ3v) is 4.58. The molecule has 4 nitrogen and oxygen atoms in total. The zero-order valence-corrected chi connectivity index (χ0v) is 11.9. The van der Waals surface area contributed by atoms with Crippen molar-refractivity contribution in [3.8, 4) is 0 Å². The molecule has 0 unspecified atom stereocenters. The van der Waals surface area contributed by atoms with Crippen molar-refractivity contribution in [1.82, 2.24) is 9.03 Å². The molecule has 0 fully saturated rings. The molecule has 0 saturated heterocycles. The van der Waals surface area contributed by atoms with Gasteiger partial charge in [-0.05, 0) is 12.0 Å². The summed E-state index contributed by atoms with van der Waals surface area (Å²) in [4.78, 5) is 0. The van der Waals surface area contributed by atoms with E-state index in [-0.39, 0.29) is 6.54 Å². The Morgan fingerprint density at radius 1 is 1.37 bits per heavy atom. The van der Waals surface area contributed by atoms with Crippen LogP contribution in [0.5, 0.6) is 0 Å². The highest BCUT2D eigenvalue weighted by Crippen LogP contribution is 2.22. The van der Waals surface area contributed by atoms with Gasteiger partial charge in [0, 0.05) is 6.20 Å². The summed E-state index contributed by atoms with van der Waals surface area (Å²) in [7, 11) is -3.55. The van der Waals surface area contributed by atoms with E-state index in [2.05, 4.69) is 11.3 Å². The molecule has 1 atom stereocenters. The van der Waals surface area contributed by atoms with E-state index in [4.69, 9.17) is 11.6 Å². The second-order valence-electron chi connectivity index (χ2n) is 4.24. The molecule has 1 aliphatic heterocycles. The number of benzene rings is 1. The molecule has 6 heteroatoms. The van der Waals surface area contributed by atoms with Crippen molar-refractivity contribution in [2.75, 3.05) is 0 Å². The highest BCUT2D eigenvalue weighted by Gasteiger charge is 2.30. The van der Waals surface area contributed by atoms with Gasteiger partial charge in [0.25, 0.3) is 0 Å². The van der Waals surface area contributed by atoms with Crippen LogP contribution in [0.25, 0.3) is 0 Å². The highest BCUT2D eigenvalue weighted by molar-refractivity contribution is 7.87. The monoisotopic (exact) mass is 298 g/mol. The number of hydrogen-bond acceptors (Lipinski definition) is 2. The average molecular weight is 299 g/mol. The van der Waals surface area contributed by atoms with Crippen molar-refractivity contribution in [2.45, 2.75) is 19.0 Å². The van der Waals surface area contributed by atoms with Crippen LogP contribution in [0.2, 0.25) is 0 Å². The molecule has 0 amide bonds.